The third-order valence-corrected chi connectivity index (χ3v) is 18.2. The molecule has 3 heterocycles. The summed E-state index contributed by atoms with van der Waals surface area (Å²) >= 11 is 0. The molecule has 402 valence electrons. The van der Waals surface area contributed by atoms with E-state index in [0.29, 0.717) is 18.1 Å². The van der Waals surface area contributed by atoms with Crippen molar-refractivity contribution in [2.24, 2.45) is 5.41 Å². The number of ether oxygens (including phenoxy) is 1. The molecular formula is C67H78N4O6. The molecule has 3 aliphatic heterocycles. The van der Waals surface area contributed by atoms with Gasteiger partial charge in [0.05, 0.1) is 13.1 Å². The number of carboxylic acids is 1. The number of phenols is 2. The Kier molecular flexibility index (Phi) is 16.3. The molecule has 0 aromatic heterocycles. The number of esters is 1. The molecule has 6 aromatic carbocycles. The van der Waals surface area contributed by atoms with Gasteiger partial charge in [0.15, 0.2) is 0 Å². The monoisotopic (exact) mass is 1030 g/mol. The minimum absolute atomic E-state index is 0.0115. The van der Waals surface area contributed by atoms with Crippen molar-refractivity contribution in [1.82, 2.24) is 9.80 Å². The zero-order valence-electron chi connectivity index (χ0n) is 44.9. The van der Waals surface area contributed by atoms with Gasteiger partial charge in [-0.3, -0.25) is 19.4 Å². The Balaban J connectivity index is 0.764. The zero-order valence-corrected chi connectivity index (χ0v) is 44.9. The topological polar surface area (TPSA) is 117 Å². The number of carbonyl (C=O) groups is 2. The van der Waals surface area contributed by atoms with Crippen LogP contribution in [0.1, 0.15) is 151 Å². The Bertz CT molecular complexity index is 2930. The average Bonchev–Trinajstić information content (AvgIpc) is 3.69. The second-order valence-electron chi connectivity index (χ2n) is 23.2. The molecule has 3 N–H and O–H groups in total. The number of aromatic hydroxyl groups is 2. The molecule has 10 heteroatoms. The third kappa shape index (κ3) is 12.2. The van der Waals surface area contributed by atoms with Crippen LogP contribution in [0.15, 0.2) is 146 Å². The summed E-state index contributed by atoms with van der Waals surface area (Å²) in [4.78, 5) is 35.4. The summed E-state index contributed by atoms with van der Waals surface area (Å²) in [6, 6.07) is 51.5. The van der Waals surface area contributed by atoms with Crippen LogP contribution in [-0.2, 0) is 20.7 Å². The maximum Gasteiger partial charge on any atom is 0.320 e. The zero-order chi connectivity index (χ0) is 52.7. The summed E-state index contributed by atoms with van der Waals surface area (Å²) in [5.41, 5.74) is 12.2. The van der Waals surface area contributed by atoms with Crippen molar-refractivity contribution in [2.45, 2.75) is 113 Å². The minimum atomic E-state index is -0.739. The Labute approximate surface area is 456 Å². The van der Waals surface area contributed by atoms with Gasteiger partial charge in [-0.2, -0.15) is 0 Å². The van der Waals surface area contributed by atoms with E-state index >= 15 is 0 Å². The van der Waals surface area contributed by atoms with Crippen LogP contribution in [0.2, 0.25) is 0 Å². The highest BCUT2D eigenvalue weighted by molar-refractivity contribution is 5.72. The number of hydrogen-bond acceptors (Lipinski definition) is 9. The van der Waals surface area contributed by atoms with E-state index < -0.39 is 12.1 Å². The largest absolute Gasteiger partial charge is 0.508 e. The fraction of sp³-hybridized carbons (Fsp3) is 0.433. The summed E-state index contributed by atoms with van der Waals surface area (Å²) in [7, 11) is 0. The van der Waals surface area contributed by atoms with Crippen molar-refractivity contribution >= 4 is 23.3 Å². The molecule has 0 bridgehead atoms. The van der Waals surface area contributed by atoms with E-state index in [9.17, 15) is 24.9 Å². The summed E-state index contributed by atoms with van der Waals surface area (Å²) in [5, 5.41) is 30.9. The normalized spacial score (nSPS) is 24.7. The van der Waals surface area contributed by atoms with Gasteiger partial charge < -0.3 is 29.9 Å². The number of fused-ring (bicyclic) bond motifs is 2. The van der Waals surface area contributed by atoms with Crippen molar-refractivity contribution < 1.29 is 29.6 Å². The van der Waals surface area contributed by atoms with Gasteiger partial charge in [-0.1, -0.05) is 110 Å². The standard InChI is InChI=1S/C67H78N4O6/c72-55-27-30-58-52(42-55)22-29-57(48-14-5-3-6-15-48)65(58)50-18-23-53(24-19-50)70-38-10-2-1-9-35-68(37-13-40-70)46-64(76)77-62-44-60(49-16-7-4-8-17-49)66(59-31-28-56(73)43-61(59)62)51-20-25-54(26-21-51)71-39-12-33-67(34-41-71)32-11-36-69(47-67)45-63(74)75/h3-8,14-21,23-28,30-31,42-43,57,60,62,65-66,72-73H,1-2,9-13,22,29,32-41,44-47H2,(H,74,75)/t57-,60-,62?,65+,66-,67?/m1/s1. The van der Waals surface area contributed by atoms with Crippen LogP contribution < -0.4 is 9.80 Å². The van der Waals surface area contributed by atoms with Crippen LogP contribution in [0.3, 0.4) is 0 Å². The second-order valence-corrected chi connectivity index (χ2v) is 23.2. The van der Waals surface area contributed by atoms with Gasteiger partial charge in [-0.25, -0.2) is 0 Å². The van der Waals surface area contributed by atoms with Crippen LogP contribution in [0.25, 0.3) is 0 Å². The van der Waals surface area contributed by atoms with Crippen LogP contribution in [-0.4, -0.2) is 103 Å². The van der Waals surface area contributed by atoms with E-state index in [0.717, 1.165) is 134 Å². The van der Waals surface area contributed by atoms with Crippen LogP contribution >= 0.6 is 0 Å². The number of aliphatic carboxylic acids is 1. The molecule has 0 saturated carbocycles. The molecule has 2 aliphatic carbocycles. The highest BCUT2D eigenvalue weighted by Gasteiger charge is 2.41. The van der Waals surface area contributed by atoms with Crippen LogP contribution in [0, 0.1) is 5.41 Å². The Morgan fingerprint density at radius 3 is 1.75 bits per heavy atom. The number of carbonyl (C=O) groups excluding carboxylic acids is 1. The number of benzene rings is 6. The highest BCUT2D eigenvalue weighted by atomic mass is 16.5. The lowest BCUT2D eigenvalue weighted by molar-refractivity contribution is -0.152. The van der Waals surface area contributed by atoms with Gasteiger partial charge in [0.25, 0.3) is 0 Å². The Hall–Kier alpha value is -6.62. The summed E-state index contributed by atoms with van der Waals surface area (Å²) in [6.07, 6.45) is 12.9. The van der Waals surface area contributed by atoms with Crippen molar-refractivity contribution in [1.29, 1.82) is 0 Å². The first kappa shape index (κ1) is 52.4. The fourth-order valence-corrected chi connectivity index (χ4v) is 14.5. The number of rotatable bonds is 11. The van der Waals surface area contributed by atoms with Crippen molar-refractivity contribution in [3.8, 4) is 11.5 Å². The molecule has 11 rings (SSSR count). The molecule has 0 radical (unpaired) electrons. The Morgan fingerprint density at radius 1 is 0.506 bits per heavy atom. The minimum Gasteiger partial charge on any atom is -0.508 e. The second kappa shape index (κ2) is 24.0. The van der Waals surface area contributed by atoms with Gasteiger partial charge >= 0.3 is 11.9 Å². The smallest absolute Gasteiger partial charge is 0.320 e. The summed E-state index contributed by atoms with van der Waals surface area (Å²) in [5.74, 6) is 0.122. The maximum atomic E-state index is 14.3. The molecule has 10 nitrogen and oxygen atoms in total. The van der Waals surface area contributed by atoms with E-state index in [4.69, 9.17) is 4.74 Å². The maximum absolute atomic E-state index is 14.3. The van der Waals surface area contributed by atoms with Crippen LogP contribution in [0.4, 0.5) is 11.4 Å². The number of piperidine rings is 1. The van der Waals surface area contributed by atoms with Gasteiger partial charge in [-0.15, -0.1) is 0 Å². The first-order chi connectivity index (χ1) is 37.6. The van der Waals surface area contributed by atoms with E-state index in [1.54, 1.807) is 6.07 Å². The number of carboxylic acid groups (broad SMARTS) is 1. The molecule has 6 aromatic rings. The Morgan fingerprint density at radius 2 is 1.06 bits per heavy atom. The predicted octanol–water partition coefficient (Wildman–Crippen LogP) is 12.8. The van der Waals surface area contributed by atoms with E-state index in [-0.39, 0.29) is 48.0 Å². The van der Waals surface area contributed by atoms with Gasteiger partial charge in [0, 0.05) is 62.5 Å². The lowest BCUT2D eigenvalue weighted by Gasteiger charge is -2.42. The molecular weight excluding hydrogens is 957 g/mol. The van der Waals surface area contributed by atoms with Gasteiger partial charge in [-0.05, 0) is 194 Å². The number of nitrogens with zero attached hydrogens (tertiary/aromatic N) is 4. The molecule has 5 aliphatic rings. The molecule has 3 fully saturated rings. The van der Waals surface area contributed by atoms with Gasteiger partial charge in [0.1, 0.15) is 17.6 Å². The van der Waals surface area contributed by atoms with Gasteiger partial charge in [0.2, 0.25) is 0 Å². The van der Waals surface area contributed by atoms with Crippen LogP contribution in [0.5, 0.6) is 11.5 Å². The molecule has 3 saturated heterocycles. The third-order valence-electron chi connectivity index (χ3n) is 18.2. The fourth-order valence-electron chi connectivity index (χ4n) is 14.5. The first-order valence-electron chi connectivity index (χ1n) is 29.0. The average molecular weight is 1040 g/mol. The number of aryl methyl sites for hydroxylation is 1. The van der Waals surface area contributed by atoms with E-state index in [1.807, 2.05) is 24.3 Å². The number of likely N-dealkylation sites (tertiary alicyclic amines) is 1. The summed E-state index contributed by atoms with van der Waals surface area (Å²) in [6.45, 7) is 7.58. The SMILES string of the molecule is O=C(O)CN1CCCC2(CCCN(c3ccc([C@@H]4c5ccc(O)cc5C(OC(=O)CN5CCCCCCN(c6ccc([C@@H]7c8ccc(O)cc8CC[C@@H]7c7ccccc7)cc6)CCC5)C[C@@H]4c4ccccc4)cc3)CC2)C1. The first-order valence-corrected chi connectivity index (χ1v) is 29.0. The molecule has 0 amide bonds. The van der Waals surface area contributed by atoms with Crippen molar-refractivity contribution in [2.75, 3.05) is 75.2 Å². The lowest BCUT2D eigenvalue weighted by Crippen LogP contribution is -2.45. The molecule has 1 spiro atoms. The lowest BCUT2D eigenvalue weighted by atomic mass is 9.68. The number of anilines is 2. The van der Waals surface area contributed by atoms with E-state index in [2.05, 4.69) is 135 Å². The van der Waals surface area contributed by atoms with Crippen molar-refractivity contribution in [3.05, 3.63) is 190 Å². The molecule has 77 heavy (non-hydrogen) atoms. The van der Waals surface area contributed by atoms with Crippen molar-refractivity contribution in [3.63, 3.8) is 0 Å². The van der Waals surface area contributed by atoms with E-state index in [1.165, 1.54) is 51.2 Å². The number of hydrogen-bond donors (Lipinski definition) is 3. The molecule has 6 atom stereocenters. The predicted molar refractivity (Wildman–Crippen MR) is 306 cm³/mol. The quantitative estimate of drug-likeness (QED) is 0.108. The summed E-state index contributed by atoms with van der Waals surface area (Å²) < 4.78 is 6.61. The highest BCUT2D eigenvalue weighted by Crippen LogP contribution is 2.52. The number of phenolic OH excluding ortho intramolecular Hbond substituents is 2. The molecule has 2 unspecified atom stereocenters.